The third kappa shape index (κ3) is 6.07. The maximum atomic E-state index is 13.6. The number of likely N-dealkylation sites (tertiary alicyclic amines) is 1. The number of hydrogen-bond acceptors (Lipinski definition) is 3. The average molecular weight is 513 g/mol. The molecule has 5 rings (SSSR count). The van der Waals surface area contributed by atoms with Gasteiger partial charge in [-0.3, -0.25) is 9.69 Å². The van der Waals surface area contributed by atoms with Crippen LogP contribution in [0.2, 0.25) is 0 Å². The first-order valence-electron chi connectivity index (χ1n) is 14.1. The van der Waals surface area contributed by atoms with E-state index in [2.05, 4.69) is 106 Å². The highest BCUT2D eigenvalue weighted by molar-refractivity contribution is 5.92. The van der Waals surface area contributed by atoms with Gasteiger partial charge in [0.1, 0.15) is 5.76 Å². The van der Waals surface area contributed by atoms with E-state index in [-0.39, 0.29) is 22.2 Å². The minimum Gasteiger partial charge on any atom is -0.455 e. The molecule has 38 heavy (non-hydrogen) atoms. The lowest BCUT2D eigenvalue weighted by molar-refractivity contribution is 0.0672. The summed E-state index contributed by atoms with van der Waals surface area (Å²) in [6, 6.07) is 23.7. The largest absolute Gasteiger partial charge is 0.455 e. The van der Waals surface area contributed by atoms with Gasteiger partial charge in [0, 0.05) is 25.7 Å². The first-order valence-corrected chi connectivity index (χ1v) is 14.1. The van der Waals surface area contributed by atoms with E-state index in [0.29, 0.717) is 18.3 Å². The maximum Gasteiger partial charge on any atom is 0.289 e. The van der Waals surface area contributed by atoms with Crippen LogP contribution in [-0.4, -0.2) is 28.3 Å². The second-order valence-corrected chi connectivity index (χ2v) is 14.0. The molecule has 2 unspecified atom stereocenters. The van der Waals surface area contributed by atoms with E-state index in [9.17, 15) is 4.79 Å². The summed E-state index contributed by atoms with van der Waals surface area (Å²) in [5.41, 5.74) is 4.52. The molecule has 0 radical (unpaired) electrons. The van der Waals surface area contributed by atoms with E-state index in [1.807, 2.05) is 12.1 Å². The number of carbonyl (C=O) groups is 1. The molecule has 0 spiro atoms. The molecule has 1 saturated carbocycles. The minimum absolute atomic E-state index is 0.0510. The summed E-state index contributed by atoms with van der Waals surface area (Å²) in [6.45, 7) is 16.9. The van der Waals surface area contributed by atoms with Crippen LogP contribution in [0.3, 0.4) is 0 Å². The smallest absolute Gasteiger partial charge is 0.289 e. The molecule has 2 atom stereocenters. The van der Waals surface area contributed by atoms with Crippen LogP contribution in [0.1, 0.15) is 93.8 Å². The second kappa shape index (κ2) is 10.0. The van der Waals surface area contributed by atoms with Gasteiger partial charge in [0.05, 0.1) is 6.54 Å². The van der Waals surface area contributed by atoms with Gasteiger partial charge in [0.2, 0.25) is 0 Å². The third-order valence-electron chi connectivity index (χ3n) is 8.40. The molecule has 1 amide bonds. The number of nitrogens with zero attached hydrogens (tertiary/aromatic N) is 2. The van der Waals surface area contributed by atoms with Gasteiger partial charge in [0.25, 0.3) is 5.91 Å². The number of rotatable bonds is 7. The highest BCUT2D eigenvalue weighted by Gasteiger charge is 2.51. The van der Waals surface area contributed by atoms with Crippen molar-refractivity contribution >= 4 is 5.91 Å². The Morgan fingerprint density at radius 3 is 2.21 bits per heavy atom. The van der Waals surface area contributed by atoms with Gasteiger partial charge in [-0.15, -0.1) is 0 Å². The van der Waals surface area contributed by atoms with Gasteiger partial charge in [0.15, 0.2) is 5.76 Å². The molecule has 1 aliphatic carbocycles. The van der Waals surface area contributed by atoms with Gasteiger partial charge in [-0.1, -0.05) is 96.1 Å². The second-order valence-electron chi connectivity index (χ2n) is 14.0. The standard InChI is InChI=1S/C34H44N2O2/c1-32(2,3)27-14-12-26(13-15-27)21-35(20-25-10-8-7-9-11-25)22-29-16-17-30(38-29)31(37)36-24-34(6)19-28(36)18-33(4,5)23-34/h7-17,28H,18-24H2,1-6H3. The Bertz CT molecular complexity index is 1250. The fourth-order valence-corrected chi connectivity index (χ4v) is 7.01. The Morgan fingerprint density at radius 2 is 1.55 bits per heavy atom. The van der Waals surface area contributed by atoms with Gasteiger partial charge in [-0.25, -0.2) is 0 Å². The predicted octanol–water partition coefficient (Wildman–Crippen LogP) is 7.82. The normalized spacial score (nSPS) is 22.7. The van der Waals surface area contributed by atoms with Crippen molar-refractivity contribution in [1.29, 1.82) is 0 Å². The fraction of sp³-hybridized carbons (Fsp3) is 0.500. The van der Waals surface area contributed by atoms with Crippen molar-refractivity contribution in [3.8, 4) is 0 Å². The Hall–Kier alpha value is -2.85. The maximum absolute atomic E-state index is 13.6. The van der Waals surface area contributed by atoms with Gasteiger partial charge in [-0.05, 0) is 64.3 Å². The van der Waals surface area contributed by atoms with Crippen molar-refractivity contribution in [3.63, 3.8) is 0 Å². The Morgan fingerprint density at radius 1 is 0.895 bits per heavy atom. The number of fused-ring (bicyclic) bond motifs is 2. The topological polar surface area (TPSA) is 36.7 Å². The number of carbonyl (C=O) groups excluding carboxylic acids is 1. The molecule has 3 aromatic rings. The third-order valence-corrected chi connectivity index (χ3v) is 8.40. The number of amides is 1. The summed E-state index contributed by atoms with van der Waals surface area (Å²) in [6.07, 6.45) is 3.35. The molecule has 2 heterocycles. The molecular weight excluding hydrogens is 468 g/mol. The molecule has 0 N–H and O–H groups in total. The highest BCUT2D eigenvalue weighted by Crippen LogP contribution is 2.52. The average Bonchev–Trinajstić information content (AvgIpc) is 3.39. The van der Waals surface area contributed by atoms with Crippen molar-refractivity contribution in [2.45, 2.75) is 91.9 Å². The molecule has 1 saturated heterocycles. The van der Waals surface area contributed by atoms with Gasteiger partial charge >= 0.3 is 0 Å². The van der Waals surface area contributed by atoms with Crippen LogP contribution in [0.5, 0.6) is 0 Å². The van der Waals surface area contributed by atoms with E-state index in [1.165, 1.54) is 23.1 Å². The molecule has 4 nitrogen and oxygen atoms in total. The molecule has 2 bridgehead atoms. The van der Waals surface area contributed by atoms with Gasteiger partial charge in [-0.2, -0.15) is 0 Å². The zero-order valence-corrected chi connectivity index (χ0v) is 24.1. The molecule has 2 aromatic carbocycles. The number of hydrogen-bond donors (Lipinski definition) is 0. The quantitative estimate of drug-likeness (QED) is 0.324. The highest BCUT2D eigenvalue weighted by atomic mass is 16.4. The molecule has 1 aliphatic heterocycles. The number of furan rings is 1. The predicted molar refractivity (Wildman–Crippen MR) is 154 cm³/mol. The van der Waals surface area contributed by atoms with Gasteiger partial charge < -0.3 is 9.32 Å². The Balaban J connectivity index is 1.31. The zero-order valence-electron chi connectivity index (χ0n) is 24.1. The fourth-order valence-electron chi connectivity index (χ4n) is 7.01. The summed E-state index contributed by atoms with van der Waals surface area (Å²) in [4.78, 5) is 18.0. The van der Waals surface area contributed by atoms with E-state index >= 15 is 0 Å². The first-order chi connectivity index (χ1) is 17.9. The summed E-state index contributed by atoms with van der Waals surface area (Å²) in [7, 11) is 0. The van der Waals surface area contributed by atoms with Crippen molar-refractivity contribution < 1.29 is 9.21 Å². The summed E-state index contributed by atoms with van der Waals surface area (Å²) >= 11 is 0. The molecule has 2 aliphatic rings. The van der Waals surface area contributed by atoms with Crippen LogP contribution in [0.15, 0.2) is 71.1 Å². The van der Waals surface area contributed by atoms with Crippen LogP contribution in [0, 0.1) is 10.8 Å². The SMILES string of the molecule is CC1(C)CC2CC(C)(CN2C(=O)c2ccc(CN(Cc3ccccc3)Cc3ccc(C(C)(C)C)cc3)o2)C1. The molecule has 2 fully saturated rings. The number of benzene rings is 2. The van der Waals surface area contributed by atoms with Crippen LogP contribution < -0.4 is 0 Å². The van der Waals surface area contributed by atoms with E-state index in [0.717, 1.165) is 38.2 Å². The molecular formula is C34H44N2O2. The van der Waals surface area contributed by atoms with Crippen molar-refractivity contribution in [2.75, 3.05) is 6.54 Å². The van der Waals surface area contributed by atoms with Crippen molar-refractivity contribution in [3.05, 3.63) is 94.9 Å². The van der Waals surface area contributed by atoms with Crippen LogP contribution in [-0.2, 0) is 25.0 Å². The van der Waals surface area contributed by atoms with Crippen LogP contribution in [0.25, 0.3) is 0 Å². The summed E-state index contributed by atoms with van der Waals surface area (Å²) < 4.78 is 6.23. The lowest BCUT2D eigenvalue weighted by atomic mass is 9.65. The van der Waals surface area contributed by atoms with Crippen LogP contribution in [0.4, 0.5) is 0 Å². The summed E-state index contributed by atoms with van der Waals surface area (Å²) in [5, 5.41) is 0. The van der Waals surface area contributed by atoms with E-state index in [1.54, 1.807) is 0 Å². The van der Waals surface area contributed by atoms with Crippen molar-refractivity contribution in [1.82, 2.24) is 9.80 Å². The van der Waals surface area contributed by atoms with E-state index < -0.39 is 0 Å². The lowest BCUT2D eigenvalue weighted by Gasteiger charge is -2.39. The molecule has 4 heteroatoms. The minimum atomic E-state index is 0.0510. The monoisotopic (exact) mass is 512 g/mol. The zero-order chi connectivity index (χ0) is 27.1. The van der Waals surface area contributed by atoms with Crippen LogP contribution >= 0.6 is 0 Å². The first kappa shape index (κ1) is 26.7. The lowest BCUT2D eigenvalue weighted by Crippen LogP contribution is -2.37. The molecule has 1 aromatic heterocycles. The summed E-state index contributed by atoms with van der Waals surface area (Å²) in [5.74, 6) is 1.36. The molecule has 202 valence electrons. The Labute approximate surface area is 229 Å². The van der Waals surface area contributed by atoms with Crippen molar-refractivity contribution in [2.24, 2.45) is 10.8 Å². The van der Waals surface area contributed by atoms with E-state index in [4.69, 9.17) is 4.42 Å². The Kier molecular flexibility index (Phi) is 7.06.